The molecule has 1 spiro atoms. The predicted molar refractivity (Wildman–Crippen MR) is 208 cm³/mol. The van der Waals surface area contributed by atoms with Gasteiger partial charge in [0.2, 0.25) is 0 Å². The Morgan fingerprint density at radius 1 is 0.400 bits per heavy atom. The van der Waals surface area contributed by atoms with Crippen molar-refractivity contribution in [3.8, 4) is 33.4 Å². The van der Waals surface area contributed by atoms with Gasteiger partial charge in [0.05, 0.1) is 11.1 Å². The van der Waals surface area contributed by atoms with Gasteiger partial charge in [0.15, 0.2) is 0 Å². The molecule has 0 bridgehead atoms. The highest BCUT2D eigenvalue weighted by atomic mass is 15.1. The van der Waals surface area contributed by atoms with E-state index < -0.39 is 0 Å². The van der Waals surface area contributed by atoms with Gasteiger partial charge in [-0.05, 0) is 80.4 Å². The Hall–Kier alpha value is -6.18. The largest absolute Gasteiger partial charge is 0.310 e. The first-order valence-corrected chi connectivity index (χ1v) is 17.6. The number of rotatable bonds is 5. The van der Waals surface area contributed by atoms with Crippen molar-refractivity contribution in [2.75, 3.05) is 4.90 Å². The summed E-state index contributed by atoms with van der Waals surface area (Å²) in [4.78, 5) is 2.46. The van der Waals surface area contributed by atoms with Crippen LogP contribution in [0.5, 0.6) is 0 Å². The van der Waals surface area contributed by atoms with Crippen LogP contribution in [-0.4, -0.2) is 0 Å². The van der Waals surface area contributed by atoms with Gasteiger partial charge in [-0.3, -0.25) is 0 Å². The minimum Gasteiger partial charge on any atom is -0.310 e. The molecule has 7 aromatic carbocycles. The number of para-hydroxylation sites is 1. The number of hydrogen-bond acceptors (Lipinski definition) is 1. The van der Waals surface area contributed by atoms with Crippen molar-refractivity contribution in [3.05, 3.63) is 222 Å². The topological polar surface area (TPSA) is 3.24 Å². The van der Waals surface area contributed by atoms with E-state index in [4.69, 9.17) is 0 Å². The molecule has 0 amide bonds. The van der Waals surface area contributed by atoms with Crippen LogP contribution >= 0.6 is 0 Å². The number of fused-ring (bicyclic) bond motifs is 10. The Morgan fingerprint density at radius 2 is 0.980 bits per heavy atom. The number of anilines is 3. The molecule has 0 radical (unpaired) electrons. The Balaban J connectivity index is 1.22. The summed E-state index contributed by atoms with van der Waals surface area (Å²) in [5, 5.41) is 0. The molecule has 0 aliphatic heterocycles. The summed E-state index contributed by atoms with van der Waals surface area (Å²) in [7, 11) is 0. The molecule has 3 aliphatic carbocycles. The molecule has 3 atom stereocenters. The quantitative estimate of drug-likeness (QED) is 0.182. The fourth-order valence-corrected chi connectivity index (χ4v) is 9.12. The Morgan fingerprint density at radius 3 is 1.78 bits per heavy atom. The third kappa shape index (κ3) is 4.20. The summed E-state index contributed by atoms with van der Waals surface area (Å²) >= 11 is 0. The van der Waals surface area contributed by atoms with E-state index in [2.05, 4.69) is 205 Å². The molecule has 0 heterocycles. The predicted octanol–water partition coefficient (Wildman–Crippen LogP) is 12.6. The van der Waals surface area contributed by atoms with Gasteiger partial charge in [-0.25, -0.2) is 0 Å². The van der Waals surface area contributed by atoms with E-state index in [9.17, 15) is 0 Å². The molecule has 7 aromatic rings. The Kier molecular flexibility index (Phi) is 6.60. The summed E-state index contributed by atoms with van der Waals surface area (Å²) in [5.41, 5.74) is 16.3. The zero-order chi connectivity index (χ0) is 33.1. The molecule has 3 unspecified atom stereocenters. The molecule has 0 saturated heterocycles. The maximum Gasteiger partial charge on any atom is 0.0540 e. The average molecular weight is 638 g/mol. The maximum atomic E-state index is 2.51. The van der Waals surface area contributed by atoms with Gasteiger partial charge >= 0.3 is 0 Å². The van der Waals surface area contributed by atoms with Crippen molar-refractivity contribution in [2.45, 2.75) is 11.3 Å². The molecule has 0 saturated carbocycles. The molecular weight excluding hydrogens is 603 g/mol. The van der Waals surface area contributed by atoms with E-state index >= 15 is 0 Å². The molecule has 0 aromatic heterocycles. The lowest BCUT2D eigenvalue weighted by Crippen LogP contribution is -2.33. The highest BCUT2D eigenvalue weighted by Gasteiger charge is 2.57. The second-order valence-corrected chi connectivity index (χ2v) is 13.6. The number of allylic oxidation sites excluding steroid dienone is 4. The first kappa shape index (κ1) is 28.8. The fraction of sp³-hybridized carbons (Fsp3) is 0.0612. The van der Waals surface area contributed by atoms with Gasteiger partial charge in [0.1, 0.15) is 0 Å². The zero-order valence-electron chi connectivity index (χ0n) is 27.7. The summed E-state index contributed by atoms with van der Waals surface area (Å²) < 4.78 is 0. The molecule has 3 aliphatic rings. The van der Waals surface area contributed by atoms with Gasteiger partial charge in [0.25, 0.3) is 0 Å². The smallest absolute Gasteiger partial charge is 0.0540 e. The van der Waals surface area contributed by atoms with Crippen LogP contribution in [0, 0.1) is 5.92 Å². The van der Waals surface area contributed by atoms with Gasteiger partial charge in [-0.15, -0.1) is 0 Å². The third-order valence-electron chi connectivity index (χ3n) is 11.2. The summed E-state index contributed by atoms with van der Waals surface area (Å²) in [6, 6.07) is 64.8. The van der Waals surface area contributed by atoms with Crippen LogP contribution in [0.4, 0.5) is 17.1 Å². The number of benzene rings is 7. The molecule has 50 heavy (non-hydrogen) atoms. The van der Waals surface area contributed by atoms with Crippen LogP contribution in [0.15, 0.2) is 200 Å². The molecule has 236 valence electrons. The van der Waals surface area contributed by atoms with Crippen LogP contribution in [0.1, 0.15) is 28.2 Å². The van der Waals surface area contributed by atoms with Gasteiger partial charge in [-0.1, -0.05) is 170 Å². The van der Waals surface area contributed by atoms with E-state index in [-0.39, 0.29) is 11.3 Å². The Labute approximate surface area is 294 Å². The van der Waals surface area contributed by atoms with Crippen LogP contribution in [0.25, 0.3) is 33.4 Å². The fourth-order valence-electron chi connectivity index (χ4n) is 9.12. The lowest BCUT2D eigenvalue weighted by Gasteiger charge is -2.37. The average Bonchev–Trinajstić information content (AvgIpc) is 3.66. The third-order valence-corrected chi connectivity index (χ3v) is 11.2. The highest BCUT2D eigenvalue weighted by Crippen LogP contribution is 2.65. The number of nitrogens with zero attached hydrogens (tertiary/aromatic N) is 1. The van der Waals surface area contributed by atoms with Gasteiger partial charge in [-0.2, -0.15) is 0 Å². The summed E-state index contributed by atoms with van der Waals surface area (Å²) in [6.45, 7) is 0. The Bertz CT molecular complexity index is 2440. The standard InChI is InChI=1S/C49H35N/c1-3-15-34(16-4-1)35-27-29-37(30-28-35)50(48-26-14-10-19-39(48)36-17-5-2-6-18-36)38-31-32-43-42-22-9-13-25-46(42)49(47(43)33-38)44-23-11-7-20-40(44)41-21-8-12-24-45(41)49/h1-33,40,44H. The number of hydrogen-bond donors (Lipinski definition) is 0. The van der Waals surface area contributed by atoms with Gasteiger partial charge < -0.3 is 4.90 Å². The van der Waals surface area contributed by atoms with Crippen molar-refractivity contribution < 1.29 is 0 Å². The van der Waals surface area contributed by atoms with E-state index in [1.807, 2.05) is 0 Å². The van der Waals surface area contributed by atoms with E-state index in [1.54, 1.807) is 0 Å². The van der Waals surface area contributed by atoms with Crippen LogP contribution in [-0.2, 0) is 5.41 Å². The highest BCUT2D eigenvalue weighted by molar-refractivity contribution is 5.92. The van der Waals surface area contributed by atoms with Crippen molar-refractivity contribution in [3.63, 3.8) is 0 Å². The van der Waals surface area contributed by atoms with Crippen molar-refractivity contribution in [1.82, 2.24) is 0 Å². The second kappa shape index (κ2) is 11.5. The normalized spacial score (nSPS) is 19.1. The maximum absolute atomic E-state index is 2.51. The lowest BCUT2D eigenvalue weighted by molar-refractivity contribution is 0.465. The molecule has 1 heteroatoms. The minimum atomic E-state index is -0.285. The molecule has 10 rings (SSSR count). The van der Waals surface area contributed by atoms with Crippen molar-refractivity contribution in [2.24, 2.45) is 5.92 Å². The minimum absolute atomic E-state index is 0.285. The molecule has 1 nitrogen and oxygen atoms in total. The molecule has 0 fully saturated rings. The van der Waals surface area contributed by atoms with Gasteiger partial charge in [0, 0.05) is 28.8 Å². The molecular formula is C49H35N. The van der Waals surface area contributed by atoms with Crippen LogP contribution in [0.2, 0.25) is 0 Å². The van der Waals surface area contributed by atoms with E-state index in [1.165, 1.54) is 55.6 Å². The SMILES string of the molecule is C1=CC2c3ccccc3C3(c4ccccc4-c4ccc(N(c5ccc(-c6ccccc6)cc5)c5ccccc5-c5ccccc5)cc43)C2C=C1. The molecule has 0 N–H and O–H groups in total. The first-order chi connectivity index (χ1) is 24.8. The van der Waals surface area contributed by atoms with Crippen molar-refractivity contribution in [1.29, 1.82) is 0 Å². The lowest BCUT2D eigenvalue weighted by atomic mass is 9.65. The van der Waals surface area contributed by atoms with E-state index in [0.29, 0.717) is 5.92 Å². The zero-order valence-corrected chi connectivity index (χ0v) is 27.7. The first-order valence-electron chi connectivity index (χ1n) is 17.6. The summed E-state index contributed by atoms with van der Waals surface area (Å²) in [5.74, 6) is 0.622. The summed E-state index contributed by atoms with van der Waals surface area (Å²) in [6.07, 6.45) is 9.37. The van der Waals surface area contributed by atoms with Crippen LogP contribution < -0.4 is 4.90 Å². The monoisotopic (exact) mass is 637 g/mol. The van der Waals surface area contributed by atoms with Crippen molar-refractivity contribution >= 4 is 17.1 Å². The van der Waals surface area contributed by atoms with Crippen LogP contribution in [0.3, 0.4) is 0 Å². The second-order valence-electron chi connectivity index (χ2n) is 13.6. The van der Waals surface area contributed by atoms with E-state index in [0.717, 1.165) is 17.1 Å².